The quantitative estimate of drug-likeness (QED) is 0.630. The second kappa shape index (κ2) is 8.21. The summed E-state index contributed by atoms with van der Waals surface area (Å²) in [5, 5.41) is 10.4. The van der Waals surface area contributed by atoms with Crippen LogP contribution in [0, 0.1) is 6.92 Å². The molecule has 0 aliphatic carbocycles. The van der Waals surface area contributed by atoms with Gasteiger partial charge in [0.1, 0.15) is 30.5 Å². The molecule has 132 valence electrons. The summed E-state index contributed by atoms with van der Waals surface area (Å²) in [4.78, 5) is 11.4. The number of aldehydes is 1. The third-order valence-electron chi connectivity index (χ3n) is 4.10. The van der Waals surface area contributed by atoms with Gasteiger partial charge in [0.25, 0.3) is 0 Å². The SMILES string of the molecule is Cc1c(OCc2ccccc2)cc(OCc2ccccc2)c(C=O)c1O. The van der Waals surface area contributed by atoms with Crippen molar-refractivity contribution in [3.05, 3.63) is 89.0 Å². The molecule has 0 fully saturated rings. The monoisotopic (exact) mass is 348 g/mol. The number of benzene rings is 3. The highest BCUT2D eigenvalue weighted by molar-refractivity contribution is 5.85. The van der Waals surface area contributed by atoms with Crippen LogP contribution in [0.4, 0.5) is 0 Å². The van der Waals surface area contributed by atoms with Gasteiger partial charge in [-0.15, -0.1) is 0 Å². The maximum absolute atomic E-state index is 11.4. The van der Waals surface area contributed by atoms with Crippen molar-refractivity contribution in [1.82, 2.24) is 0 Å². The third-order valence-corrected chi connectivity index (χ3v) is 4.10. The van der Waals surface area contributed by atoms with Crippen molar-refractivity contribution < 1.29 is 19.4 Å². The van der Waals surface area contributed by atoms with Crippen LogP contribution in [-0.2, 0) is 13.2 Å². The zero-order chi connectivity index (χ0) is 18.4. The molecule has 1 N–H and O–H groups in total. The van der Waals surface area contributed by atoms with Crippen molar-refractivity contribution >= 4 is 6.29 Å². The average Bonchev–Trinajstić information content (AvgIpc) is 2.69. The fourth-order valence-corrected chi connectivity index (χ4v) is 2.59. The topological polar surface area (TPSA) is 55.8 Å². The van der Waals surface area contributed by atoms with Crippen LogP contribution in [0.25, 0.3) is 0 Å². The molecule has 0 spiro atoms. The van der Waals surface area contributed by atoms with Gasteiger partial charge in [-0.2, -0.15) is 0 Å². The van der Waals surface area contributed by atoms with E-state index in [0.717, 1.165) is 11.1 Å². The van der Waals surface area contributed by atoms with E-state index < -0.39 is 0 Å². The third kappa shape index (κ3) is 4.03. The first-order chi connectivity index (χ1) is 12.7. The summed E-state index contributed by atoms with van der Waals surface area (Å²) in [6.45, 7) is 2.37. The predicted octanol–water partition coefficient (Wildman–Crippen LogP) is 4.67. The van der Waals surface area contributed by atoms with Crippen LogP contribution in [0.5, 0.6) is 17.2 Å². The molecular formula is C22H20O4. The number of phenols is 1. The number of carbonyl (C=O) groups is 1. The van der Waals surface area contributed by atoms with Gasteiger partial charge in [0, 0.05) is 11.6 Å². The molecule has 0 heterocycles. The summed E-state index contributed by atoms with van der Waals surface area (Å²) < 4.78 is 11.6. The Morgan fingerprint density at radius 2 is 1.35 bits per heavy atom. The summed E-state index contributed by atoms with van der Waals surface area (Å²) in [6.07, 6.45) is 0.601. The summed E-state index contributed by atoms with van der Waals surface area (Å²) in [5.74, 6) is 0.670. The van der Waals surface area contributed by atoms with Gasteiger partial charge >= 0.3 is 0 Å². The van der Waals surface area contributed by atoms with Gasteiger partial charge in [0.15, 0.2) is 6.29 Å². The molecule has 26 heavy (non-hydrogen) atoms. The van der Waals surface area contributed by atoms with Gasteiger partial charge in [-0.1, -0.05) is 60.7 Å². The number of ether oxygens (including phenoxy) is 2. The number of phenolic OH excluding ortho intramolecular Hbond substituents is 1. The zero-order valence-electron chi connectivity index (χ0n) is 14.5. The fourth-order valence-electron chi connectivity index (χ4n) is 2.59. The normalized spacial score (nSPS) is 10.3. The first kappa shape index (κ1) is 17.5. The highest BCUT2D eigenvalue weighted by Gasteiger charge is 2.17. The number of aromatic hydroxyl groups is 1. The molecule has 0 saturated carbocycles. The van der Waals surface area contributed by atoms with E-state index >= 15 is 0 Å². The van der Waals surface area contributed by atoms with Crippen LogP contribution >= 0.6 is 0 Å². The van der Waals surface area contributed by atoms with Crippen molar-refractivity contribution in [2.24, 2.45) is 0 Å². The van der Waals surface area contributed by atoms with E-state index in [2.05, 4.69) is 0 Å². The van der Waals surface area contributed by atoms with Crippen molar-refractivity contribution in [3.63, 3.8) is 0 Å². The number of rotatable bonds is 7. The molecule has 3 aromatic rings. The fraction of sp³-hybridized carbons (Fsp3) is 0.136. The largest absolute Gasteiger partial charge is 0.507 e. The lowest BCUT2D eigenvalue weighted by atomic mass is 10.1. The Morgan fingerprint density at radius 3 is 1.85 bits per heavy atom. The molecule has 0 aromatic heterocycles. The Morgan fingerprint density at radius 1 is 0.846 bits per heavy atom. The lowest BCUT2D eigenvalue weighted by Gasteiger charge is -2.16. The molecule has 0 aliphatic heterocycles. The summed E-state index contributed by atoms with van der Waals surface area (Å²) in [7, 11) is 0. The highest BCUT2D eigenvalue weighted by atomic mass is 16.5. The summed E-state index contributed by atoms with van der Waals surface area (Å²) >= 11 is 0. The van der Waals surface area contributed by atoms with Gasteiger partial charge in [-0.25, -0.2) is 0 Å². The number of carbonyl (C=O) groups excluding carboxylic acids is 1. The van der Waals surface area contributed by atoms with Crippen molar-refractivity contribution in [2.75, 3.05) is 0 Å². The van der Waals surface area contributed by atoms with Gasteiger partial charge in [-0.3, -0.25) is 4.79 Å². The zero-order valence-corrected chi connectivity index (χ0v) is 14.5. The Bertz CT molecular complexity index is 874. The molecule has 0 unspecified atom stereocenters. The molecule has 0 bridgehead atoms. The highest BCUT2D eigenvalue weighted by Crippen LogP contribution is 2.37. The van der Waals surface area contributed by atoms with Gasteiger partial charge in [0.05, 0.1) is 5.56 Å². The summed E-state index contributed by atoms with van der Waals surface area (Å²) in [6, 6.07) is 21.0. The van der Waals surface area contributed by atoms with E-state index in [0.29, 0.717) is 36.6 Å². The van der Waals surface area contributed by atoms with Gasteiger partial charge in [0.2, 0.25) is 0 Å². The van der Waals surface area contributed by atoms with Crippen LogP contribution in [0.2, 0.25) is 0 Å². The molecule has 0 aliphatic rings. The van der Waals surface area contributed by atoms with Crippen molar-refractivity contribution in [3.8, 4) is 17.2 Å². The minimum absolute atomic E-state index is 0.117. The number of hydrogen-bond acceptors (Lipinski definition) is 4. The van der Waals surface area contributed by atoms with E-state index in [1.54, 1.807) is 13.0 Å². The van der Waals surface area contributed by atoms with E-state index in [-0.39, 0.29) is 11.3 Å². The van der Waals surface area contributed by atoms with Crippen molar-refractivity contribution in [1.29, 1.82) is 0 Å². The maximum atomic E-state index is 11.4. The van der Waals surface area contributed by atoms with E-state index in [4.69, 9.17) is 9.47 Å². The average molecular weight is 348 g/mol. The molecule has 0 atom stereocenters. The standard InChI is InChI=1S/C22H20O4/c1-16-20(25-14-17-8-4-2-5-9-17)12-21(19(13-23)22(16)24)26-15-18-10-6-3-7-11-18/h2-13,24H,14-15H2,1H3. The van der Waals surface area contributed by atoms with Crippen LogP contribution < -0.4 is 9.47 Å². The Kier molecular flexibility index (Phi) is 5.54. The Hall–Kier alpha value is -3.27. The molecule has 0 radical (unpaired) electrons. The molecule has 3 rings (SSSR count). The van der Waals surface area contributed by atoms with E-state index in [1.165, 1.54) is 0 Å². The molecule has 3 aromatic carbocycles. The summed E-state index contributed by atoms with van der Waals surface area (Å²) in [5.41, 5.74) is 2.62. The first-order valence-corrected chi connectivity index (χ1v) is 8.34. The molecule has 0 saturated heterocycles. The van der Waals surface area contributed by atoms with Crippen LogP contribution in [0.1, 0.15) is 27.0 Å². The smallest absolute Gasteiger partial charge is 0.157 e. The minimum atomic E-state index is -0.117. The predicted molar refractivity (Wildman–Crippen MR) is 99.8 cm³/mol. The second-order valence-electron chi connectivity index (χ2n) is 5.93. The van der Waals surface area contributed by atoms with Crippen LogP contribution in [0.3, 0.4) is 0 Å². The Balaban J connectivity index is 1.83. The lowest BCUT2D eigenvalue weighted by Crippen LogP contribution is -2.02. The van der Waals surface area contributed by atoms with Gasteiger partial charge in [-0.05, 0) is 18.1 Å². The Labute approximate surface area is 152 Å². The molecular weight excluding hydrogens is 328 g/mol. The van der Waals surface area contributed by atoms with Crippen LogP contribution in [-0.4, -0.2) is 11.4 Å². The minimum Gasteiger partial charge on any atom is -0.507 e. The molecule has 4 heteroatoms. The lowest BCUT2D eigenvalue weighted by molar-refractivity contribution is 0.111. The molecule has 0 amide bonds. The van der Waals surface area contributed by atoms with E-state index in [9.17, 15) is 9.90 Å². The van der Waals surface area contributed by atoms with Crippen LogP contribution in [0.15, 0.2) is 66.7 Å². The number of hydrogen-bond donors (Lipinski definition) is 1. The molecule has 4 nitrogen and oxygen atoms in total. The maximum Gasteiger partial charge on any atom is 0.157 e. The van der Waals surface area contributed by atoms with Crippen molar-refractivity contribution in [2.45, 2.75) is 20.1 Å². The van der Waals surface area contributed by atoms with E-state index in [1.807, 2.05) is 60.7 Å². The first-order valence-electron chi connectivity index (χ1n) is 8.34. The second-order valence-corrected chi connectivity index (χ2v) is 5.93. The van der Waals surface area contributed by atoms with Gasteiger partial charge < -0.3 is 14.6 Å².